The van der Waals surface area contributed by atoms with Crippen molar-refractivity contribution >= 4 is 17.6 Å². The molecule has 2 aromatic carbocycles. The summed E-state index contributed by atoms with van der Waals surface area (Å²) >= 11 is 0. The number of rotatable bonds is 6. The number of carbonyl (C=O) groups excluding carboxylic acids is 2. The molecular weight excluding hydrogens is 354 g/mol. The van der Waals surface area contributed by atoms with Crippen LogP contribution in [-0.4, -0.2) is 34.8 Å². The summed E-state index contributed by atoms with van der Waals surface area (Å²) in [5.41, 5.74) is 3.01. The van der Waals surface area contributed by atoms with E-state index in [9.17, 15) is 9.59 Å². The Morgan fingerprint density at radius 3 is 2.36 bits per heavy atom. The van der Waals surface area contributed by atoms with E-state index in [1.54, 1.807) is 47.0 Å². The van der Waals surface area contributed by atoms with Gasteiger partial charge in [-0.05, 0) is 45.0 Å². The van der Waals surface area contributed by atoms with Crippen molar-refractivity contribution < 1.29 is 14.3 Å². The lowest BCUT2D eigenvalue weighted by molar-refractivity contribution is 0.0527. The van der Waals surface area contributed by atoms with Crippen molar-refractivity contribution in [2.24, 2.45) is 0 Å². The second-order valence-electron chi connectivity index (χ2n) is 6.18. The largest absolute Gasteiger partial charge is 0.462 e. The normalized spacial score (nSPS) is 10.5. The first-order valence-electron chi connectivity index (χ1n) is 9.26. The standard InChI is InChI=1S/C22H23N3O3/c1-4-24(20-14-10-9-13-18(20)22(27)28-5-2)21(26)19-15-23-25(16(19)3)17-11-7-6-8-12-17/h6-15H,4-5H2,1-3H3. The van der Waals surface area contributed by atoms with Gasteiger partial charge in [0.05, 0.1) is 41.0 Å². The summed E-state index contributed by atoms with van der Waals surface area (Å²) in [5.74, 6) is -0.653. The highest BCUT2D eigenvalue weighted by atomic mass is 16.5. The second kappa shape index (κ2) is 8.52. The van der Waals surface area contributed by atoms with Gasteiger partial charge in [-0.25, -0.2) is 9.48 Å². The van der Waals surface area contributed by atoms with Crippen molar-refractivity contribution in [2.45, 2.75) is 20.8 Å². The average Bonchev–Trinajstić information content (AvgIpc) is 3.11. The SMILES string of the molecule is CCOC(=O)c1ccccc1N(CC)C(=O)c1cnn(-c2ccccc2)c1C. The highest BCUT2D eigenvalue weighted by molar-refractivity contribution is 6.10. The van der Waals surface area contributed by atoms with E-state index < -0.39 is 5.97 Å². The summed E-state index contributed by atoms with van der Waals surface area (Å²) in [6.45, 7) is 6.17. The molecule has 0 saturated heterocycles. The number of hydrogen-bond acceptors (Lipinski definition) is 4. The summed E-state index contributed by atoms with van der Waals surface area (Å²) < 4.78 is 6.88. The molecule has 0 aliphatic carbocycles. The van der Waals surface area contributed by atoms with Gasteiger partial charge in [0.1, 0.15) is 0 Å². The molecule has 0 unspecified atom stereocenters. The molecule has 0 bridgehead atoms. The van der Waals surface area contributed by atoms with E-state index in [2.05, 4.69) is 5.10 Å². The lowest BCUT2D eigenvalue weighted by Gasteiger charge is -2.23. The molecule has 3 rings (SSSR count). The lowest BCUT2D eigenvalue weighted by Crippen LogP contribution is -2.32. The molecule has 0 saturated carbocycles. The van der Waals surface area contributed by atoms with Crippen LogP contribution in [0.3, 0.4) is 0 Å². The molecule has 0 aliphatic rings. The van der Waals surface area contributed by atoms with E-state index in [4.69, 9.17) is 4.74 Å². The summed E-state index contributed by atoms with van der Waals surface area (Å²) in [6, 6.07) is 16.6. The van der Waals surface area contributed by atoms with Crippen molar-refractivity contribution in [1.82, 2.24) is 9.78 Å². The Morgan fingerprint density at radius 2 is 1.68 bits per heavy atom. The zero-order valence-corrected chi connectivity index (χ0v) is 16.3. The van der Waals surface area contributed by atoms with Crippen LogP contribution in [0.5, 0.6) is 0 Å². The average molecular weight is 377 g/mol. The summed E-state index contributed by atoms with van der Waals surface area (Å²) in [7, 11) is 0. The number of esters is 1. The minimum atomic E-state index is -0.443. The number of benzene rings is 2. The number of carbonyl (C=O) groups is 2. The third kappa shape index (κ3) is 3.67. The number of nitrogens with zero attached hydrogens (tertiary/aromatic N) is 3. The molecule has 6 heteroatoms. The molecule has 3 aromatic rings. The Balaban J connectivity index is 1.98. The number of amides is 1. The van der Waals surface area contributed by atoms with Crippen LogP contribution in [0.25, 0.3) is 5.69 Å². The first kappa shape index (κ1) is 19.4. The quantitative estimate of drug-likeness (QED) is 0.609. The fourth-order valence-electron chi connectivity index (χ4n) is 3.11. The van der Waals surface area contributed by atoms with E-state index in [1.807, 2.05) is 44.2 Å². The van der Waals surface area contributed by atoms with Crippen LogP contribution in [0.1, 0.15) is 40.3 Å². The molecule has 0 N–H and O–H groups in total. The van der Waals surface area contributed by atoms with E-state index >= 15 is 0 Å². The van der Waals surface area contributed by atoms with Gasteiger partial charge < -0.3 is 9.64 Å². The number of ether oxygens (including phenoxy) is 1. The summed E-state index contributed by atoms with van der Waals surface area (Å²) in [5, 5.41) is 4.38. The van der Waals surface area contributed by atoms with Crippen LogP contribution in [-0.2, 0) is 4.74 Å². The minimum Gasteiger partial charge on any atom is -0.462 e. The number of anilines is 1. The Bertz CT molecular complexity index is 980. The highest BCUT2D eigenvalue weighted by Crippen LogP contribution is 2.25. The first-order chi connectivity index (χ1) is 13.6. The van der Waals surface area contributed by atoms with E-state index in [0.29, 0.717) is 23.4 Å². The predicted octanol–water partition coefficient (Wildman–Crippen LogP) is 4.02. The lowest BCUT2D eigenvalue weighted by atomic mass is 10.1. The Hall–Kier alpha value is -3.41. The number of hydrogen-bond donors (Lipinski definition) is 0. The zero-order valence-electron chi connectivity index (χ0n) is 16.3. The molecule has 28 heavy (non-hydrogen) atoms. The Kier molecular flexibility index (Phi) is 5.89. The molecular formula is C22H23N3O3. The molecule has 0 radical (unpaired) electrons. The van der Waals surface area contributed by atoms with Crippen molar-refractivity contribution in [3.63, 3.8) is 0 Å². The van der Waals surface area contributed by atoms with Crippen molar-refractivity contribution in [1.29, 1.82) is 0 Å². The maximum absolute atomic E-state index is 13.3. The van der Waals surface area contributed by atoms with Gasteiger partial charge >= 0.3 is 5.97 Å². The third-order valence-corrected chi connectivity index (χ3v) is 4.49. The molecule has 0 atom stereocenters. The van der Waals surface area contributed by atoms with Crippen LogP contribution in [0.15, 0.2) is 60.8 Å². The maximum atomic E-state index is 13.3. The second-order valence-corrected chi connectivity index (χ2v) is 6.18. The van der Waals surface area contributed by atoms with E-state index in [0.717, 1.165) is 11.4 Å². The molecule has 1 amide bonds. The molecule has 1 heterocycles. The van der Waals surface area contributed by atoms with Crippen molar-refractivity contribution in [3.05, 3.63) is 77.6 Å². The van der Waals surface area contributed by atoms with Gasteiger partial charge in [-0.1, -0.05) is 30.3 Å². The van der Waals surface area contributed by atoms with Crippen LogP contribution in [0, 0.1) is 6.92 Å². The number of aromatic nitrogens is 2. The molecule has 144 valence electrons. The monoisotopic (exact) mass is 377 g/mol. The Labute approximate surface area is 164 Å². The highest BCUT2D eigenvalue weighted by Gasteiger charge is 2.25. The topological polar surface area (TPSA) is 64.4 Å². The van der Waals surface area contributed by atoms with Gasteiger partial charge in [0, 0.05) is 6.54 Å². The third-order valence-electron chi connectivity index (χ3n) is 4.49. The smallest absolute Gasteiger partial charge is 0.340 e. The van der Waals surface area contributed by atoms with Gasteiger partial charge in [0.2, 0.25) is 0 Å². The van der Waals surface area contributed by atoms with E-state index in [1.165, 1.54) is 0 Å². The Morgan fingerprint density at radius 1 is 1.00 bits per heavy atom. The predicted molar refractivity (Wildman–Crippen MR) is 108 cm³/mol. The van der Waals surface area contributed by atoms with Crippen LogP contribution in [0.4, 0.5) is 5.69 Å². The minimum absolute atomic E-state index is 0.209. The van der Waals surface area contributed by atoms with Gasteiger partial charge in [0.15, 0.2) is 0 Å². The molecule has 0 spiro atoms. The maximum Gasteiger partial charge on any atom is 0.340 e. The van der Waals surface area contributed by atoms with Crippen LogP contribution >= 0.6 is 0 Å². The summed E-state index contributed by atoms with van der Waals surface area (Å²) in [4.78, 5) is 27.2. The zero-order chi connectivity index (χ0) is 20.1. The molecule has 6 nitrogen and oxygen atoms in total. The van der Waals surface area contributed by atoms with Gasteiger partial charge in [0.25, 0.3) is 5.91 Å². The molecule has 0 fully saturated rings. The first-order valence-corrected chi connectivity index (χ1v) is 9.26. The van der Waals surface area contributed by atoms with Crippen LogP contribution < -0.4 is 4.90 Å². The fraction of sp³-hybridized carbons (Fsp3) is 0.227. The molecule has 0 aliphatic heterocycles. The van der Waals surface area contributed by atoms with E-state index in [-0.39, 0.29) is 12.5 Å². The van der Waals surface area contributed by atoms with Crippen molar-refractivity contribution in [2.75, 3.05) is 18.1 Å². The summed E-state index contributed by atoms with van der Waals surface area (Å²) in [6.07, 6.45) is 1.57. The molecule has 1 aromatic heterocycles. The van der Waals surface area contributed by atoms with Crippen LogP contribution in [0.2, 0.25) is 0 Å². The fourth-order valence-corrected chi connectivity index (χ4v) is 3.11. The van der Waals surface area contributed by atoms with Gasteiger partial charge in [-0.15, -0.1) is 0 Å². The van der Waals surface area contributed by atoms with Gasteiger partial charge in [-0.2, -0.15) is 5.10 Å². The number of para-hydroxylation sites is 2. The van der Waals surface area contributed by atoms with Crippen molar-refractivity contribution in [3.8, 4) is 5.69 Å². The van der Waals surface area contributed by atoms with Gasteiger partial charge in [-0.3, -0.25) is 4.79 Å².